The first-order valence-electron chi connectivity index (χ1n) is 6.11. The molecule has 0 unspecified atom stereocenters. The van der Waals surface area contributed by atoms with Crippen LogP contribution in [0, 0.1) is 13.8 Å². The van der Waals surface area contributed by atoms with Gasteiger partial charge >= 0.3 is 0 Å². The number of aromatic nitrogens is 1. The molecule has 102 valence electrons. The van der Waals surface area contributed by atoms with Gasteiger partial charge in [0.15, 0.2) is 0 Å². The number of aryl methyl sites for hydroxylation is 2. The molecule has 0 bridgehead atoms. The molecule has 2 aromatic rings. The summed E-state index contributed by atoms with van der Waals surface area (Å²) in [7, 11) is 4.06. The van der Waals surface area contributed by atoms with Gasteiger partial charge in [-0.15, -0.1) is 0 Å². The van der Waals surface area contributed by atoms with E-state index < -0.39 is 0 Å². The molecule has 0 saturated heterocycles. The minimum Gasteiger partial charge on any atom is -0.379 e. The summed E-state index contributed by atoms with van der Waals surface area (Å²) in [4.78, 5) is 2.09. The van der Waals surface area contributed by atoms with Crippen LogP contribution in [0.2, 0.25) is 0 Å². The Kier molecular flexibility index (Phi) is 4.14. The second kappa shape index (κ2) is 5.65. The van der Waals surface area contributed by atoms with Crippen molar-refractivity contribution in [3.05, 3.63) is 39.7 Å². The molecule has 1 aromatic carbocycles. The largest absolute Gasteiger partial charge is 0.379 e. The summed E-state index contributed by atoms with van der Waals surface area (Å²) in [6, 6.07) is 6.20. The van der Waals surface area contributed by atoms with E-state index in [1.807, 2.05) is 34.0 Å². The molecular weight excluding hydrogens is 306 g/mol. The average molecular weight is 324 g/mol. The number of halogens is 1. The Balaban J connectivity index is 2.22. The molecule has 0 amide bonds. The number of anilines is 2. The van der Waals surface area contributed by atoms with Crippen LogP contribution in [0.3, 0.4) is 0 Å². The lowest BCUT2D eigenvalue weighted by Crippen LogP contribution is -2.12. The van der Waals surface area contributed by atoms with Gasteiger partial charge < -0.3 is 14.7 Å². The summed E-state index contributed by atoms with van der Waals surface area (Å²) >= 11 is 3.50. The lowest BCUT2D eigenvalue weighted by molar-refractivity contribution is 0.392. The molecule has 19 heavy (non-hydrogen) atoms. The van der Waals surface area contributed by atoms with Crippen molar-refractivity contribution in [3.8, 4) is 0 Å². The van der Waals surface area contributed by atoms with Crippen molar-refractivity contribution >= 4 is 27.3 Å². The third kappa shape index (κ3) is 3.10. The summed E-state index contributed by atoms with van der Waals surface area (Å²) in [6.45, 7) is 4.60. The summed E-state index contributed by atoms with van der Waals surface area (Å²) in [5.41, 5.74) is 4.28. The van der Waals surface area contributed by atoms with Gasteiger partial charge in [-0.05, 0) is 32.0 Å². The van der Waals surface area contributed by atoms with Crippen LogP contribution >= 0.6 is 15.9 Å². The highest BCUT2D eigenvalue weighted by atomic mass is 79.9. The molecule has 0 aliphatic rings. The van der Waals surface area contributed by atoms with Crippen LogP contribution in [-0.2, 0) is 6.54 Å². The van der Waals surface area contributed by atoms with Crippen molar-refractivity contribution in [2.24, 2.45) is 0 Å². The van der Waals surface area contributed by atoms with Gasteiger partial charge in [-0.25, -0.2) is 0 Å². The van der Waals surface area contributed by atoms with E-state index >= 15 is 0 Å². The van der Waals surface area contributed by atoms with Crippen LogP contribution in [0.25, 0.3) is 0 Å². The van der Waals surface area contributed by atoms with E-state index in [1.54, 1.807) is 0 Å². The Bertz CT molecular complexity index is 559. The van der Waals surface area contributed by atoms with Gasteiger partial charge in [0.2, 0.25) is 0 Å². The summed E-state index contributed by atoms with van der Waals surface area (Å²) in [5, 5.41) is 7.42. The first-order valence-corrected chi connectivity index (χ1v) is 6.91. The molecule has 0 saturated carbocycles. The fraction of sp³-hybridized carbons (Fsp3) is 0.357. The van der Waals surface area contributed by atoms with Crippen molar-refractivity contribution < 1.29 is 4.52 Å². The predicted molar refractivity (Wildman–Crippen MR) is 81.8 cm³/mol. The number of nitrogens with one attached hydrogen (secondary N) is 1. The number of nitrogens with zero attached hydrogens (tertiary/aromatic N) is 2. The van der Waals surface area contributed by atoms with E-state index in [4.69, 9.17) is 4.52 Å². The number of rotatable bonds is 4. The molecule has 1 heterocycles. The highest BCUT2D eigenvalue weighted by Crippen LogP contribution is 2.28. The SMILES string of the molecule is Cc1noc(C)c1CNc1cc(Br)ccc1N(C)C. The molecule has 0 radical (unpaired) electrons. The fourth-order valence-electron chi connectivity index (χ4n) is 1.98. The van der Waals surface area contributed by atoms with E-state index in [2.05, 4.69) is 43.4 Å². The molecule has 0 atom stereocenters. The lowest BCUT2D eigenvalue weighted by Gasteiger charge is -2.18. The molecule has 5 heteroatoms. The molecule has 0 spiro atoms. The maximum atomic E-state index is 5.18. The molecule has 1 aromatic heterocycles. The van der Waals surface area contributed by atoms with Gasteiger partial charge in [0, 0.05) is 30.7 Å². The van der Waals surface area contributed by atoms with Gasteiger partial charge in [-0.1, -0.05) is 21.1 Å². The van der Waals surface area contributed by atoms with Gasteiger partial charge in [0.1, 0.15) is 5.76 Å². The first kappa shape index (κ1) is 13.9. The third-order valence-corrected chi connectivity index (χ3v) is 3.57. The Labute approximate surface area is 121 Å². The highest BCUT2D eigenvalue weighted by Gasteiger charge is 2.10. The standard InChI is InChI=1S/C14H18BrN3O/c1-9-12(10(2)19-17-9)8-16-13-7-11(15)5-6-14(13)18(3)4/h5-7,16H,8H2,1-4H3. The molecule has 4 nitrogen and oxygen atoms in total. The quantitative estimate of drug-likeness (QED) is 0.930. The Morgan fingerprint density at radius 1 is 1.32 bits per heavy atom. The maximum Gasteiger partial charge on any atom is 0.138 e. The highest BCUT2D eigenvalue weighted by molar-refractivity contribution is 9.10. The van der Waals surface area contributed by atoms with Crippen LogP contribution in [-0.4, -0.2) is 19.3 Å². The second-order valence-corrected chi connectivity index (χ2v) is 5.63. The van der Waals surface area contributed by atoms with Crippen molar-refractivity contribution in [3.63, 3.8) is 0 Å². The van der Waals surface area contributed by atoms with Crippen molar-refractivity contribution in [1.82, 2.24) is 5.16 Å². The van der Waals surface area contributed by atoms with Gasteiger partial charge in [-0.3, -0.25) is 0 Å². The normalized spacial score (nSPS) is 10.6. The Morgan fingerprint density at radius 3 is 2.63 bits per heavy atom. The molecule has 2 rings (SSSR count). The zero-order valence-corrected chi connectivity index (χ0v) is 13.2. The van der Waals surface area contributed by atoms with E-state index in [9.17, 15) is 0 Å². The summed E-state index contributed by atoms with van der Waals surface area (Å²) in [5.74, 6) is 0.867. The number of hydrogen-bond donors (Lipinski definition) is 1. The van der Waals surface area contributed by atoms with Crippen LogP contribution in [0.4, 0.5) is 11.4 Å². The molecule has 0 aliphatic heterocycles. The second-order valence-electron chi connectivity index (χ2n) is 4.71. The summed E-state index contributed by atoms with van der Waals surface area (Å²) < 4.78 is 6.23. The van der Waals surface area contributed by atoms with Crippen LogP contribution < -0.4 is 10.2 Å². The molecule has 1 N–H and O–H groups in total. The van der Waals surface area contributed by atoms with Crippen LogP contribution in [0.1, 0.15) is 17.0 Å². The van der Waals surface area contributed by atoms with Crippen LogP contribution in [0.5, 0.6) is 0 Å². The zero-order chi connectivity index (χ0) is 14.0. The average Bonchev–Trinajstić information content (AvgIpc) is 2.66. The smallest absolute Gasteiger partial charge is 0.138 e. The maximum absolute atomic E-state index is 5.18. The van der Waals surface area contributed by atoms with Gasteiger partial charge in [0.25, 0.3) is 0 Å². The van der Waals surface area contributed by atoms with Gasteiger partial charge in [-0.2, -0.15) is 0 Å². The van der Waals surface area contributed by atoms with Crippen LogP contribution in [0.15, 0.2) is 27.2 Å². The van der Waals surface area contributed by atoms with Crippen molar-refractivity contribution in [2.75, 3.05) is 24.3 Å². The Hall–Kier alpha value is -1.49. The van der Waals surface area contributed by atoms with Crippen molar-refractivity contribution in [2.45, 2.75) is 20.4 Å². The van der Waals surface area contributed by atoms with E-state index in [0.29, 0.717) is 6.54 Å². The predicted octanol–water partition coefficient (Wildman–Crippen LogP) is 3.73. The number of benzene rings is 1. The fourth-order valence-corrected chi connectivity index (χ4v) is 2.34. The van der Waals surface area contributed by atoms with Crippen molar-refractivity contribution in [1.29, 1.82) is 0 Å². The minimum atomic E-state index is 0.707. The van der Waals surface area contributed by atoms with E-state index in [-0.39, 0.29) is 0 Å². The lowest BCUT2D eigenvalue weighted by atomic mass is 10.2. The Morgan fingerprint density at radius 2 is 2.05 bits per heavy atom. The zero-order valence-electron chi connectivity index (χ0n) is 11.6. The number of hydrogen-bond acceptors (Lipinski definition) is 4. The van der Waals surface area contributed by atoms with E-state index in [0.717, 1.165) is 32.9 Å². The molecular formula is C14H18BrN3O. The topological polar surface area (TPSA) is 41.3 Å². The monoisotopic (exact) mass is 323 g/mol. The molecule has 0 fully saturated rings. The van der Waals surface area contributed by atoms with E-state index in [1.165, 1.54) is 0 Å². The summed E-state index contributed by atoms with van der Waals surface area (Å²) in [6.07, 6.45) is 0. The minimum absolute atomic E-state index is 0.707. The molecule has 0 aliphatic carbocycles. The first-order chi connectivity index (χ1) is 8.99. The van der Waals surface area contributed by atoms with Gasteiger partial charge in [0.05, 0.1) is 17.1 Å². The third-order valence-electron chi connectivity index (χ3n) is 3.08.